The van der Waals surface area contributed by atoms with Crippen LogP contribution in [0.25, 0.3) is 0 Å². The van der Waals surface area contributed by atoms with Gasteiger partial charge < -0.3 is 10.4 Å². The molecule has 2 rings (SSSR count). The van der Waals surface area contributed by atoms with Gasteiger partial charge in [0.1, 0.15) is 5.82 Å². The Hall–Kier alpha value is -1.39. The second-order valence-corrected chi connectivity index (χ2v) is 7.25. The van der Waals surface area contributed by atoms with Crippen LogP contribution < -0.4 is 5.32 Å². The van der Waals surface area contributed by atoms with Crippen LogP contribution in [0.5, 0.6) is 0 Å². The second-order valence-electron chi connectivity index (χ2n) is 7.25. The maximum atomic E-state index is 14.7. The average molecular weight is 402 g/mol. The minimum absolute atomic E-state index is 0.0545. The zero-order valence-electron chi connectivity index (χ0n) is 14.8. The van der Waals surface area contributed by atoms with Gasteiger partial charge >= 0.3 is 12.4 Å². The molecule has 0 bridgehead atoms. The number of benzene rings is 1. The molecular formula is C17H21F7N2O. The van der Waals surface area contributed by atoms with Gasteiger partial charge in [-0.15, -0.1) is 0 Å². The van der Waals surface area contributed by atoms with Crippen LogP contribution >= 0.6 is 0 Å². The van der Waals surface area contributed by atoms with Gasteiger partial charge in [0.15, 0.2) is 0 Å². The van der Waals surface area contributed by atoms with E-state index in [9.17, 15) is 35.8 Å². The first kappa shape index (κ1) is 21.9. The lowest BCUT2D eigenvalue weighted by atomic mass is 9.77. The minimum Gasteiger partial charge on any atom is -0.396 e. The summed E-state index contributed by atoms with van der Waals surface area (Å²) in [6.07, 6.45) is -10.3. The Morgan fingerprint density at radius 1 is 1.04 bits per heavy atom. The Morgan fingerprint density at radius 3 is 2.04 bits per heavy atom. The molecule has 0 spiro atoms. The molecule has 1 fully saturated rings. The maximum absolute atomic E-state index is 14.7. The molecule has 1 saturated heterocycles. The monoisotopic (exact) mass is 402 g/mol. The van der Waals surface area contributed by atoms with Gasteiger partial charge in [-0.2, -0.15) is 26.3 Å². The number of piperazine rings is 1. The van der Waals surface area contributed by atoms with E-state index in [-0.39, 0.29) is 25.2 Å². The van der Waals surface area contributed by atoms with Crippen LogP contribution in [-0.2, 0) is 12.4 Å². The SMILES string of the molecule is CC(C)(CO)[C@H](c1c(F)cc(C(F)(F)F)cc1C(F)(F)F)N1CCNCC1. The quantitative estimate of drug-likeness (QED) is 0.752. The summed E-state index contributed by atoms with van der Waals surface area (Å²) in [7, 11) is 0. The molecule has 154 valence electrons. The van der Waals surface area contributed by atoms with Gasteiger partial charge in [0.05, 0.1) is 11.1 Å². The van der Waals surface area contributed by atoms with Gasteiger partial charge in [-0.25, -0.2) is 4.39 Å². The number of hydrogen-bond donors (Lipinski definition) is 2. The van der Waals surface area contributed by atoms with Crippen molar-refractivity contribution < 1.29 is 35.8 Å². The predicted octanol–water partition coefficient (Wildman–Crippen LogP) is 3.83. The molecule has 1 aromatic rings. The molecule has 1 aromatic carbocycles. The molecule has 2 N–H and O–H groups in total. The number of aliphatic hydroxyl groups excluding tert-OH is 1. The fourth-order valence-corrected chi connectivity index (χ4v) is 3.39. The molecule has 1 heterocycles. The fourth-order valence-electron chi connectivity index (χ4n) is 3.39. The van der Waals surface area contributed by atoms with Crippen molar-refractivity contribution in [2.45, 2.75) is 32.2 Å². The van der Waals surface area contributed by atoms with E-state index >= 15 is 0 Å². The Bertz CT molecular complexity index is 664. The maximum Gasteiger partial charge on any atom is 0.416 e. The first-order chi connectivity index (χ1) is 12.3. The second kappa shape index (κ2) is 7.56. The molecule has 0 radical (unpaired) electrons. The van der Waals surface area contributed by atoms with Gasteiger partial charge in [-0.3, -0.25) is 4.90 Å². The van der Waals surface area contributed by atoms with Crippen molar-refractivity contribution in [1.82, 2.24) is 10.2 Å². The molecule has 0 saturated carbocycles. The number of nitrogens with one attached hydrogen (secondary N) is 1. The fraction of sp³-hybridized carbons (Fsp3) is 0.647. The van der Waals surface area contributed by atoms with Crippen LogP contribution in [-0.4, -0.2) is 42.8 Å². The number of nitrogens with zero attached hydrogens (tertiary/aromatic N) is 1. The Balaban J connectivity index is 2.74. The molecule has 0 amide bonds. The third-order valence-corrected chi connectivity index (χ3v) is 4.70. The standard InChI is InChI=1S/C17H21F7N2O/c1-15(2,9-27)14(26-5-3-25-4-6-26)13-11(17(22,23)24)7-10(8-12(13)18)16(19,20)21/h7-8,14,25,27H,3-6,9H2,1-2H3/t14-/m0/s1. The van der Waals surface area contributed by atoms with Gasteiger partial charge in [-0.05, 0) is 12.1 Å². The highest BCUT2D eigenvalue weighted by Crippen LogP contribution is 2.47. The lowest BCUT2D eigenvalue weighted by molar-refractivity contribution is -0.144. The van der Waals surface area contributed by atoms with E-state index in [0.29, 0.717) is 13.1 Å². The topological polar surface area (TPSA) is 35.5 Å². The largest absolute Gasteiger partial charge is 0.416 e. The van der Waals surface area contributed by atoms with Crippen LogP contribution in [0.3, 0.4) is 0 Å². The van der Waals surface area contributed by atoms with Crippen molar-refractivity contribution in [1.29, 1.82) is 0 Å². The molecule has 1 aliphatic rings. The Labute approximate surface area is 152 Å². The number of hydrogen-bond acceptors (Lipinski definition) is 3. The third-order valence-electron chi connectivity index (χ3n) is 4.70. The van der Waals surface area contributed by atoms with Crippen molar-refractivity contribution in [3.8, 4) is 0 Å². The van der Waals surface area contributed by atoms with Crippen LogP contribution in [0.2, 0.25) is 0 Å². The molecule has 1 aliphatic heterocycles. The lowest BCUT2D eigenvalue weighted by Crippen LogP contribution is -2.50. The Morgan fingerprint density at radius 2 is 1.59 bits per heavy atom. The molecule has 10 heteroatoms. The zero-order chi connectivity index (χ0) is 20.6. The number of halogens is 7. The van der Waals surface area contributed by atoms with Crippen LogP contribution in [0.4, 0.5) is 30.7 Å². The summed E-state index contributed by atoms with van der Waals surface area (Å²) in [5.74, 6) is -1.58. The van der Waals surface area contributed by atoms with Crippen LogP contribution in [0, 0.1) is 11.2 Å². The van der Waals surface area contributed by atoms with Gasteiger partial charge in [0, 0.05) is 49.8 Å². The number of aliphatic hydroxyl groups is 1. The Kier molecular flexibility index (Phi) is 6.13. The molecule has 0 aliphatic carbocycles. The van der Waals surface area contributed by atoms with E-state index < -0.39 is 52.9 Å². The number of rotatable bonds is 4. The summed E-state index contributed by atoms with van der Waals surface area (Å²) in [5.41, 5.74) is -5.45. The smallest absolute Gasteiger partial charge is 0.396 e. The zero-order valence-corrected chi connectivity index (χ0v) is 14.8. The van der Waals surface area contributed by atoms with Crippen LogP contribution in [0.1, 0.15) is 36.6 Å². The molecule has 0 unspecified atom stereocenters. The molecule has 3 nitrogen and oxygen atoms in total. The highest BCUT2D eigenvalue weighted by Gasteiger charge is 2.46. The molecule has 1 atom stereocenters. The third kappa shape index (κ3) is 4.72. The highest BCUT2D eigenvalue weighted by molar-refractivity contribution is 5.40. The minimum atomic E-state index is -5.19. The molecule has 0 aromatic heterocycles. The van der Waals surface area contributed by atoms with E-state index in [4.69, 9.17) is 0 Å². The average Bonchev–Trinajstić information content (AvgIpc) is 2.55. The van der Waals surface area contributed by atoms with Crippen molar-refractivity contribution in [3.05, 3.63) is 34.6 Å². The summed E-state index contributed by atoms with van der Waals surface area (Å²) in [4.78, 5) is 1.56. The first-order valence-electron chi connectivity index (χ1n) is 8.32. The van der Waals surface area contributed by atoms with Crippen molar-refractivity contribution >= 4 is 0 Å². The predicted molar refractivity (Wildman–Crippen MR) is 84.5 cm³/mol. The van der Waals surface area contributed by atoms with E-state index in [1.807, 2.05) is 0 Å². The van der Waals surface area contributed by atoms with Crippen molar-refractivity contribution in [2.75, 3.05) is 32.8 Å². The van der Waals surface area contributed by atoms with E-state index in [2.05, 4.69) is 5.32 Å². The van der Waals surface area contributed by atoms with E-state index in [0.717, 1.165) is 0 Å². The summed E-state index contributed by atoms with van der Waals surface area (Å²) >= 11 is 0. The van der Waals surface area contributed by atoms with E-state index in [1.165, 1.54) is 13.8 Å². The molecule has 27 heavy (non-hydrogen) atoms. The number of alkyl halides is 6. The van der Waals surface area contributed by atoms with Crippen LogP contribution in [0.15, 0.2) is 12.1 Å². The van der Waals surface area contributed by atoms with Crippen molar-refractivity contribution in [3.63, 3.8) is 0 Å². The van der Waals surface area contributed by atoms with Gasteiger partial charge in [0.25, 0.3) is 0 Å². The summed E-state index contributed by atoms with van der Waals surface area (Å²) in [5, 5.41) is 12.7. The highest BCUT2D eigenvalue weighted by atomic mass is 19.4. The van der Waals surface area contributed by atoms with Gasteiger partial charge in [0.2, 0.25) is 0 Å². The molecular weight excluding hydrogens is 381 g/mol. The van der Waals surface area contributed by atoms with E-state index in [1.54, 1.807) is 4.90 Å². The van der Waals surface area contributed by atoms with Gasteiger partial charge in [-0.1, -0.05) is 13.8 Å². The summed E-state index contributed by atoms with van der Waals surface area (Å²) in [6.45, 7) is 3.74. The van der Waals surface area contributed by atoms with Crippen molar-refractivity contribution in [2.24, 2.45) is 5.41 Å². The normalized spacial score (nSPS) is 18.6. The first-order valence-corrected chi connectivity index (χ1v) is 8.32. The summed E-state index contributed by atoms with van der Waals surface area (Å²) < 4.78 is 94.3. The summed E-state index contributed by atoms with van der Waals surface area (Å²) in [6, 6.07) is -1.21. The lowest BCUT2D eigenvalue weighted by Gasteiger charge is -2.44.